The molecule has 5 aromatic rings. The second-order valence-corrected chi connectivity index (χ2v) is 11.6. The molecule has 0 amide bonds. The lowest BCUT2D eigenvalue weighted by atomic mass is 9.86. The number of benzene rings is 3. The zero-order valence-corrected chi connectivity index (χ0v) is 27.6. The summed E-state index contributed by atoms with van der Waals surface area (Å²) in [5.74, 6) is -0.0226. The second kappa shape index (κ2) is 13.6. The fourth-order valence-electron chi connectivity index (χ4n) is 6.44. The first kappa shape index (κ1) is 32.2. The minimum absolute atomic E-state index is 0.310. The van der Waals surface area contributed by atoms with E-state index in [1.807, 2.05) is 60.9 Å². The number of esters is 2. The lowest BCUT2D eigenvalue weighted by Crippen LogP contribution is -2.19. The standard InChI is InChI=1S/C39H36N2O7/c1-23-19-31(24(2)41(23)28-16-14-26(15-17-28)38(43)47-5)33(42)22-48-39(44)36-29-10-6-7-12-32(29)40-37-27(9-8-11-30(36)37)20-25-13-18-34(45-3)35(21-25)46-4/h6-7,10,12-21H,8-9,11,22H2,1-5H3. The Hall–Kier alpha value is -5.70. The van der Waals surface area contributed by atoms with E-state index in [0.717, 1.165) is 46.6 Å². The molecule has 0 atom stereocenters. The van der Waals surface area contributed by atoms with Crippen LogP contribution in [0.3, 0.4) is 0 Å². The Morgan fingerprint density at radius 2 is 1.60 bits per heavy atom. The van der Waals surface area contributed by atoms with Crippen LogP contribution in [-0.2, 0) is 15.9 Å². The maximum Gasteiger partial charge on any atom is 0.339 e. The van der Waals surface area contributed by atoms with Gasteiger partial charge in [0.25, 0.3) is 0 Å². The van der Waals surface area contributed by atoms with E-state index in [1.165, 1.54) is 7.11 Å². The number of rotatable bonds is 9. The summed E-state index contributed by atoms with van der Waals surface area (Å²) in [6.07, 6.45) is 4.35. The predicted octanol–water partition coefficient (Wildman–Crippen LogP) is 7.36. The summed E-state index contributed by atoms with van der Waals surface area (Å²) in [5.41, 5.74) is 7.85. The number of ether oxygens (including phenoxy) is 4. The first-order valence-corrected chi connectivity index (χ1v) is 15.7. The summed E-state index contributed by atoms with van der Waals surface area (Å²) < 4.78 is 23.4. The van der Waals surface area contributed by atoms with Crippen molar-refractivity contribution in [2.24, 2.45) is 0 Å². The molecule has 0 saturated heterocycles. The van der Waals surface area contributed by atoms with Crippen LogP contribution in [0.2, 0.25) is 0 Å². The third-order valence-corrected chi connectivity index (χ3v) is 8.74. The number of methoxy groups -OCH3 is 3. The van der Waals surface area contributed by atoms with Crippen LogP contribution < -0.4 is 9.47 Å². The number of allylic oxidation sites excluding steroid dienone is 1. The molecule has 2 aromatic heterocycles. The van der Waals surface area contributed by atoms with Crippen molar-refractivity contribution >= 4 is 40.3 Å². The van der Waals surface area contributed by atoms with Crippen molar-refractivity contribution in [2.75, 3.05) is 27.9 Å². The minimum atomic E-state index is -0.558. The van der Waals surface area contributed by atoms with Crippen LogP contribution in [0.15, 0.2) is 72.8 Å². The van der Waals surface area contributed by atoms with Crippen LogP contribution in [-0.4, -0.2) is 55.2 Å². The lowest BCUT2D eigenvalue weighted by Gasteiger charge is -2.22. The number of Topliss-reactive ketones (excluding diaryl/α,β-unsaturated/α-hetero) is 1. The van der Waals surface area contributed by atoms with Crippen LogP contribution in [0.25, 0.3) is 28.2 Å². The molecule has 0 bridgehead atoms. The maximum atomic E-state index is 13.9. The molecule has 0 aliphatic heterocycles. The Morgan fingerprint density at radius 1 is 0.854 bits per heavy atom. The van der Waals surface area contributed by atoms with Crippen molar-refractivity contribution < 1.29 is 33.3 Å². The van der Waals surface area contributed by atoms with E-state index in [4.69, 9.17) is 23.9 Å². The average molecular weight is 645 g/mol. The number of nitrogens with zero attached hydrogens (tertiary/aromatic N) is 2. The Kier molecular flexibility index (Phi) is 9.12. The van der Waals surface area contributed by atoms with E-state index >= 15 is 0 Å². The molecular weight excluding hydrogens is 608 g/mol. The molecule has 0 saturated carbocycles. The highest BCUT2D eigenvalue weighted by atomic mass is 16.5. The fourth-order valence-corrected chi connectivity index (χ4v) is 6.44. The molecule has 0 unspecified atom stereocenters. The second-order valence-electron chi connectivity index (χ2n) is 11.6. The lowest BCUT2D eigenvalue weighted by molar-refractivity contribution is 0.0475. The van der Waals surface area contributed by atoms with Crippen molar-refractivity contribution in [3.8, 4) is 17.2 Å². The molecule has 1 aliphatic rings. The van der Waals surface area contributed by atoms with Crippen molar-refractivity contribution in [1.29, 1.82) is 0 Å². The highest BCUT2D eigenvalue weighted by Crippen LogP contribution is 2.37. The molecule has 3 aromatic carbocycles. The van der Waals surface area contributed by atoms with Gasteiger partial charge in [0.15, 0.2) is 18.1 Å². The quantitative estimate of drug-likeness (QED) is 0.121. The van der Waals surface area contributed by atoms with E-state index in [9.17, 15) is 14.4 Å². The number of hydrogen-bond acceptors (Lipinski definition) is 8. The van der Waals surface area contributed by atoms with Gasteiger partial charge in [-0.3, -0.25) is 4.79 Å². The summed E-state index contributed by atoms with van der Waals surface area (Å²) in [6, 6.07) is 22.0. The molecule has 9 nitrogen and oxygen atoms in total. The molecule has 0 N–H and O–H groups in total. The van der Waals surface area contributed by atoms with E-state index in [1.54, 1.807) is 44.6 Å². The Morgan fingerprint density at radius 3 is 2.33 bits per heavy atom. The van der Waals surface area contributed by atoms with Crippen LogP contribution in [0.5, 0.6) is 11.5 Å². The summed E-state index contributed by atoms with van der Waals surface area (Å²) in [6.45, 7) is 3.33. The number of pyridine rings is 1. The van der Waals surface area contributed by atoms with Gasteiger partial charge in [-0.1, -0.05) is 24.3 Å². The molecule has 6 rings (SSSR count). The van der Waals surface area contributed by atoms with Gasteiger partial charge in [-0.25, -0.2) is 14.6 Å². The Bertz CT molecular complexity index is 2090. The maximum absolute atomic E-state index is 13.9. The van der Waals surface area contributed by atoms with Gasteiger partial charge < -0.3 is 23.5 Å². The average Bonchev–Trinajstić information content (AvgIpc) is 3.42. The van der Waals surface area contributed by atoms with Gasteiger partial charge in [0.1, 0.15) is 0 Å². The number of fused-ring (bicyclic) bond motifs is 2. The first-order valence-electron chi connectivity index (χ1n) is 15.7. The zero-order chi connectivity index (χ0) is 33.9. The van der Waals surface area contributed by atoms with Crippen molar-refractivity contribution in [3.05, 3.63) is 118 Å². The number of carbonyl (C=O) groups excluding carboxylic acids is 3. The van der Waals surface area contributed by atoms with E-state index in [-0.39, 0.29) is 5.78 Å². The highest BCUT2D eigenvalue weighted by Gasteiger charge is 2.27. The topological polar surface area (TPSA) is 106 Å². The van der Waals surface area contributed by atoms with Gasteiger partial charge in [0.2, 0.25) is 5.78 Å². The summed E-state index contributed by atoms with van der Waals surface area (Å²) in [4.78, 5) is 44.2. The summed E-state index contributed by atoms with van der Waals surface area (Å²) in [7, 11) is 4.54. The summed E-state index contributed by atoms with van der Waals surface area (Å²) in [5, 5.41) is 0.689. The van der Waals surface area contributed by atoms with Crippen LogP contribution in [0.4, 0.5) is 0 Å². The largest absolute Gasteiger partial charge is 0.493 e. The fraction of sp³-hybridized carbons (Fsp3) is 0.231. The third-order valence-electron chi connectivity index (χ3n) is 8.74. The molecule has 0 radical (unpaired) electrons. The number of carbonyl (C=O) groups is 3. The minimum Gasteiger partial charge on any atom is -0.493 e. The van der Waals surface area contributed by atoms with E-state index in [2.05, 4.69) is 6.08 Å². The number of aromatic nitrogens is 2. The van der Waals surface area contributed by atoms with Crippen LogP contribution >= 0.6 is 0 Å². The van der Waals surface area contributed by atoms with Crippen molar-refractivity contribution in [2.45, 2.75) is 33.1 Å². The third kappa shape index (κ3) is 6.07. The molecule has 2 heterocycles. The molecule has 0 spiro atoms. The van der Waals surface area contributed by atoms with Gasteiger partial charge in [-0.2, -0.15) is 0 Å². The number of hydrogen-bond donors (Lipinski definition) is 0. The highest BCUT2D eigenvalue weighted by molar-refractivity contribution is 6.08. The first-order chi connectivity index (χ1) is 23.2. The molecule has 48 heavy (non-hydrogen) atoms. The van der Waals surface area contributed by atoms with E-state index < -0.39 is 18.5 Å². The monoisotopic (exact) mass is 644 g/mol. The van der Waals surface area contributed by atoms with Gasteiger partial charge in [-0.05, 0) is 104 Å². The van der Waals surface area contributed by atoms with Crippen LogP contribution in [0, 0.1) is 13.8 Å². The predicted molar refractivity (Wildman–Crippen MR) is 183 cm³/mol. The molecule has 9 heteroatoms. The van der Waals surface area contributed by atoms with Crippen molar-refractivity contribution in [1.82, 2.24) is 9.55 Å². The molecule has 0 fully saturated rings. The number of para-hydroxylation sites is 1. The van der Waals surface area contributed by atoms with Gasteiger partial charge in [0.05, 0.1) is 43.7 Å². The Labute approximate surface area is 278 Å². The smallest absolute Gasteiger partial charge is 0.339 e. The zero-order valence-electron chi connectivity index (χ0n) is 27.6. The number of ketones is 1. The van der Waals surface area contributed by atoms with Crippen LogP contribution in [0.1, 0.15) is 72.1 Å². The van der Waals surface area contributed by atoms with Crippen molar-refractivity contribution in [3.63, 3.8) is 0 Å². The molecule has 1 aliphatic carbocycles. The summed E-state index contributed by atoms with van der Waals surface area (Å²) >= 11 is 0. The molecular formula is C39H36N2O7. The van der Waals surface area contributed by atoms with E-state index in [0.29, 0.717) is 51.2 Å². The molecule has 244 valence electrons. The van der Waals surface area contributed by atoms with Gasteiger partial charge in [0, 0.05) is 28.0 Å². The normalized spacial score (nSPS) is 13.2. The van der Waals surface area contributed by atoms with Gasteiger partial charge >= 0.3 is 11.9 Å². The number of aryl methyl sites for hydroxylation is 1. The van der Waals surface area contributed by atoms with Gasteiger partial charge in [-0.15, -0.1) is 0 Å². The SMILES string of the molecule is COC(=O)c1ccc(-n2c(C)cc(C(=O)COC(=O)c3c4c(nc5ccccc35)C(=Cc3ccc(OC)c(OC)c3)CCC4)c2C)cc1. The Balaban J connectivity index is 1.29.